The lowest BCUT2D eigenvalue weighted by Gasteiger charge is -2.23. The Morgan fingerprint density at radius 2 is 2.04 bits per heavy atom. The fraction of sp³-hybridized carbons (Fsp3) is 0.375. The minimum absolute atomic E-state index is 0.102. The third kappa shape index (κ3) is 2.69. The van der Waals surface area contributed by atoms with Gasteiger partial charge in [-0.3, -0.25) is 4.79 Å². The molecule has 7 nitrogen and oxygen atoms in total. The third-order valence-electron chi connectivity index (χ3n) is 4.36. The van der Waals surface area contributed by atoms with Crippen molar-refractivity contribution in [1.29, 1.82) is 0 Å². The Labute approximate surface area is 133 Å². The van der Waals surface area contributed by atoms with E-state index in [1.807, 2.05) is 26.0 Å². The molecule has 0 radical (unpaired) electrons. The summed E-state index contributed by atoms with van der Waals surface area (Å²) in [5.41, 5.74) is 3.01. The van der Waals surface area contributed by atoms with Crippen LogP contribution >= 0.6 is 0 Å². The first-order chi connectivity index (χ1) is 11.0. The van der Waals surface area contributed by atoms with E-state index < -0.39 is 5.97 Å². The van der Waals surface area contributed by atoms with E-state index in [2.05, 4.69) is 15.4 Å². The average Bonchev–Trinajstić information content (AvgIpc) is 3.16. The summed E-state index contributed by atoms with van der Waals surface area (Å²) in [6, 6.07) is 5.25. The maximum absolute atomic E-state index is 12.8. The number of nitrogens with one attached hydrogen (secondary N) is 1. The van der Waals surface area contributed by atoms with Gasteiger partial charge in [0.25, 0.3) is 5.91 Å². The number of hydrogen-bond donors (Lipinski definition) is 2. The monoisotopic (exact) mass is 314 g/mol. The van der Waals surface area contributed by atoms with Gasteiger partial charge in [-0.25, -0.2) is 4.79 Å². The van der Waals surface area contributed by atoms with Crippen LogP contribution < -0.4 is 0 Å². The third-order valence-corrected chi connectivity index (χ3v) is 4.36. The fourth-order valence-corrected chi connectivity index (χ4v) is 2.96. The quantitative estimate of drug-likeness (QED) is 0.904. The molecule has 1 aliphatic rings. The molecule has 2 N–H and O–H groups in total. The van der Waals surface area contributed by atoms with Crippen LogP contribution in [0.5, 0.6) is 0 Å². The minimum atomic E-state index is -1.14. The number of rotatable bonds is 3. The van der Waals surface area contributed by atoms with Gasteiger partial charge in [-0.15, -0.1) is 5.10 Å². The average molecular weight is 314 g/mol. The van der Waals surface area contributed by atoms with E-state index >= 15 is 0 Å². The van der Waals surface area contributed by atoms with Gasteiger partial charge in [0.15, 0.2) is 5.69 Å². The predicted octanol–water partition coefficient (Wildman–Crippen LogP) is 2.10. The first-order valence-corrected chi connectivity index (χ1v) is 7.51. The first kappa shape index (κ1) is 15.2. The number of benzene rings is 1. The zero-order valence-electron chi connectivity index (χ0n) is 13.0. The lowest BCUT2D eigenvalue weighted by molar-refractivity contribution is 0.0671. The number of hydrogen-bond acceptors (Lipinski definition) is 4. The van der Waals surface area contributed by atoms with Crippen molar-refractivity contribution in [3.8, 4) is 0 Å². The minimum Gasteiger partial charge on any atom is -0.476 e. The number of aromatic nitrogens is 3. The highest BCUT2D eigenvalue weighted by molar-refractivity contribution is 5.95. The lowest BCUT2D eigenvalue weighted by atomic mass is 10.0. The second-order valence-corrected chi connectivity index (χ2v) is 5.82. The van der Waals surface area contributed by atoms with Crippen molar-refractivity contribution < 1.29 is 14.7 Å². The van der Waals surface area contributed by atoms with Crippen LogP contribution in [0.1, 0.15) is 56.6 Å². The van der Waals surface area contributed by atoms with Crippen molar-refractivity contribution >= 4 is 11.9 Å². The first-order valence-electron chi connectivity index (χ1n) is 7.51. The highest BCUT2D eigenvalue weighted by Crippen LogP contribution is 2.33. The number of carboxylic acid groups (broad SMARTS) is 1. The SMILES string of the molecule is Cc1ccc(C(=O)N2CCCC2c2n[nH]nc2C(=O)O)cc1C. The van der Waals surface area contributed by atoms with Crippen LogP contribution in [0.2, 0.25) is 0 Å². The maximum Gasteiger partial charge on any atom is 0.358 e. The summed E-state index contributed by atoms with van der Waals surface area (Å²) in [5.74, 6) is -1.24. The molecule has 3 rings (SSSR count). The number of aromatic amines is 1. The summed E-state index contributed by atoms with van der Waals surface area (Å²) in [6.45, 7) is 4.55. The molecule has 1 aromatic carbocycles. The van der Waals surface area contributed by atoms with Gasteiger partial charge in [-0.05, 0) is 49.9 Å². The molecule has 1 aromatic heterocycles. The number of aromatic carboxylic acids is 1. The number of H-pyrrole nitrogens is 1. The van der Waals surface area contributed by atoms with Crippen LogP contribution in [-0.2, 0) is 0 Å². The molecule has 1 unspecified atom stereocenters. The van der Waals surface area contributed by atoms with Gasteiger partial charge in [-0.1, -0.05) is 6.07 Å². The molecule has 0 bridgehead atoms. The number of carbonyl (C=O) groups is 2. The Kier molecular flexibility index (Phi) is 3.85. The lowest BCUT2D eigenvalue weighted by Crippen LogP contribution is -2.31. The summed E-state index contributed by atoms with van der Waals surface area (Å²) in [7, 11) is 0. The molecule has 120 valence electrons. The van der Waals surface area contributed by atoms with E-state index in [-0.39, 0.29) is 17.6 Å². The van der Waals surface area contributed by atoms with Crippen LogP contribution in [0.25, 0.3) is 0 Å². The fourth-order valence-electron chi connectivity index (χ4n) is 2.96. The molecule has 2 aromatic rings. The highest BCUT2D eigenvalue weighted by Gasteiger charge is 2.35. The van der Waals surface area contributed by atoms with Gasteiger partial charge in [0.2, 0.25) is 0 Å². The van der Waals surface area contributed by atoms with Gasteiger partial charge in [0.05, 0.1) is 6.04 Å². The number of likely N-dealkylation sites (tertiary alicyclic amines) is 1. The second-order valence-electron chi connectivity index (χ2n) is 5.82. The molecule has 1 saturated heterocycles. The maximum atomic E-state index is 12.8. The molecule has 2 heterocycles. The van der Waals surface area contributed by atoms with Crippen LogP contribution in [-0.4, -0.2) is 43.8 Å². The van der Waals surface area contributed by atoms with Gasteiger partial charge < -0.3 is 10.0 Å². The zero-order chi connectivity index (χ0) is 16.6. The Hall–Kier alpha value is -2.70. The number of aryl methyl sites for hydroxylation is 2. The summed E-state index contributed by atoms with van der Waals surface area (Å²) in [4.78, 5) is 25.7. The molecule has 0 saturated carbocycles. The van der Waals surface area contributed by atoms with Crippen molar-refractivity contribution in [3.05, 3.63) is 46.3 Å². The van der Waals surface area contributed by atoms with Crippen molar-refractivity contribution in [2.24, 2.45) is 0 Å². The molecule has 1 aliphatic heterocycles. The Morgan fingerprint density at radius 3 is 2.74 bits per heavy atom. The summed E-state index contributed by atoms with van der Waals surface area (Å²) in [6.07, 6.45) is 1.50. The molecule has 7 heteroatoms. The van der Waals surface area contributed by atoms with E-state index in [0.717, 1.165) is 17.5 Å². The van der Waals surface area contributed by atoms with Crippen molar-refractivity contribution in [2.45, 2.75) is 32.7 Å². The second kappa shape index (κ2) is 5.83. The molecule has 1 atom stereocenters. The van der Waals surface area contributed by atoms with E-state index in [0.29, 0.717) is 24.2 Å². The summed E-state index contributed by atoms with van der Waals surface area (Å²) >= 11 is 0. The molecule has 0 spiro atoms. The highest BCUT2D eigenvalue weighted by atomic mass is 16.4. The van der Waals surface area contributed by atoms with Crippen LogP contribution in [0.15, 0.2) is 18.2 Å². The van der Waals surface area contributed by atoms with Gasteiger partial charge in [0.1, 0.15) is 5.69 Å². The molecule has 1 amide bonds. The molecular weight excluding hydrogens is 296 g/mol. The predicted molar refractivity (Wildman–Crippen MR) is 82.3 cm³/mol. The van der Waals surface area contributed by atoms with Crippen molar-refractivity contribution in [1.82, 2.24) is 20.3 Å². The Balaban J connectivity index is 1.92. The standard InChI is InChI=1S/C16H18N4O3/c1-9-5-6-11(8-10(9)2)15(21)20-7-3-4-12(20)13-14(16(22)23)18-19-17-13/h5-6,8,12H,3-4,7H2,1-2H3,(H,22,23)(H,17,18,19). The largest absolute Gasteiger partial charge is 0.476 e. The number of carbonyl (C=O) groups excluding carboxylic acids is 1. The van der Waals surface area contributed by atoms with Crippen LogP contribution in [0.3, 0.4) is 0 Å². The van der Waals surface area contributed by atoms with E-state index in [1.54, 1.807) is 11.0 Å². The van der Waals surface area contributed by atoms with Gasteiger partial charge in [0, 0.05) is 12.1 Å². The normalized spacial score (nSPS) is 17.5. The Morgan fingerprint density at radius 1 is 1.26 bits per heavy atom. The molecule has 0 aliphatic carbocycles. The molecule has 23 heavy (non-hydrogen) atoms. The van der Waals surface area contributed by atoms with E-state index in [4.69, 9.17) is 0 Å². The number of carboxylic acids is 1. The topological polar surface area (TPSA) is 99.2 Å². The summed E-state index contributed by atoms with van der Waals surface area (Å²) in [5, 5.41) is 19.2. The zero-order valence-corrected chi connectivity index (χ0v) is 13.0. The number of amides is 1. The van der Waals surface area contributed by atoms with Gasteiger partial charge >= 0.3 is 5.97 Å². The smallest absolute Gasteiger partial charge is 0.358 e. The van der Waals surface area contributed by atoms with Crippen molar-refractivity contribution in [3.63, 3.8) is 0 Å². The Bertz CT molecular complexity index is 768. The van der Waals surface area contributed by atoms with Crippen LogP contribution in [0, 0.1) is 13.8 Å². The van der Waals surface area contributed by atoms with Crippen molar-refractivity contribution in [2.75, 3.05) is 6.54 Å². The van der Waals surface area contributed by atoms with Crippen LogP contribution in [0.4, 0.5) is 0 Å². The van der Waals surface area contributed by atoms with E-state index in [9.17, 15) is 14.7 Å². The molecule has 1 fully saturated rings. The number of nitrogens with zero attached hydrogens (tertiary/aromatic N) is 3. The van der Waals surface area contributed by atoms with E-state index in [1.165, 1.54) is 0 Å². The molecular formula is C16H18N4O3. The van der Waals surface area contributed by atoms with Gasteiger partial charge in [-0.2, -0.15) is 10.3 Å². The summed E-state index contributed by atoms with van der Waals surface area (Å²) < 4.78 is 0.